The zero-order valence-corrected chi connectivity index (χ0v) is 20.1. The van der Waals surface area contributed by atoms with Crippen LogP contribution in [0.1, 0.15) is 116 Å². The second kappa shape index (κ2) is 26.5. The molecule has 0 aromatic carbocycles. The van der Waals surface area contributed by atoms with Gasteiger partial charge in [0.25, 0.3) is 0 Å². The summed E-state index contributed by atoms with van der Waals surface area (Å²) in [6.07, 6.45) is 22.0. The van der Waals surface area contributed by atoms with E-state index in [1.54, 1.807) is 0 Å². The summed E-state index contributed by atoms with van der Waals surface area (Å²) in [5, 5.41) is 12.3. The van der Waals surface area contributed by atoms with Crippen LogP contribution in [0, 0.1) is 0 Å². The van der Waals surface area contributed by atoms with Crippen molar-refractivity contribution in [3.05, 3.63) is 0 Å². The van der Waals surface area contributed by atoms with Gasteiger partial charge in [0.05, 0.1) is 6.10 Å². The number of unbranched alkanes of at least 4 members (excludes halogenated alkanes) is 14. The predicted molar refractivity (Wildman–Crippen MR) is 126 cm³/mol. The van der Waals surface area contributed by atoms with Crippen LogP contribution in [-0.2, 0) is 0 Å². The highest BCUT2D eigenvalue weighted by atomic mass is 35.5. The van der Waals surface area contributed by atoms with Crippen molar-refractivity contribution in [2.24, 2.45) is 0 Å². The third-order valence-corrected chi connectivity index (χ3v) is 5.58. The van der Waals surface area contributed by atoms with Gasteiger partial charge in [-0.3, -0.25) is 0 Å². The average Bonchev–Trinajstić information content (AvgIpc) is 2.65. The molecular formula is C23H49Cl2NO. The van der Waals surface area contributed by atoms with Gasteiger partial charge in [0.1, 0.15) is 0 Å². The maximum Gasteiger partial charge on any atom is 0.0689 e. The highest BCUT2D eigenvalue weighted by Gasteiger charge is 2.10. The lowest BCUT2D eigenvalue weighted by molar-refractivity contribution is 0.185. The summed E-state index contributed by atoms with van der Waals surface area (Å²) in [6.45, 7) is 2.28. The van der Waals surface area contributed by atoms with Crippen LogP contribution in [-0.4, -0.2) is 36.6 Å². The molecule has 2 atom stereocenters. The Morgan fingerprint density at radius 1 is 0.704 bits per heavy atom. The van der Waals surface area contributed by atoms with E-state index in [0.29, 0.717) is 12.3 Å². The van der Waals surface area contributed by atoms with E-state index in [9.17, 15) is 5.11 Å². The summed E-state index contributed by atoms with van der Waals surface area (Å²) in [7, 11) is 3.75. The lowest BCUT2D eigenvalue weighted by Gasteiger charge is -2.12. The van der Waals surface area contributed by atoms with Crippen LogP contribution < -0.4 is 5.32 Å². The van der Waals surface area contributed by atoms with Gasteiger partial charge >= 0.3 is 0 Å². The van der Waals surface area contributed by atoms with Crippen LogP contribution in [0.4, 0.5) is 0 Å². The summed E-state index contributed by atoms with van der Waals surface area (Å²) < 4.78 is 0. The fraction of sp³-hybridized carbons (Fsp3) is 1.00. The molecule has 0 saturated heterocycles. The Morgan fingerprint density at radius 3 is 1.37 bits per heavy atom. The van der Waals surface area contributed by atoms with E-state index in [4.69, 9.17) is 23.2 Å². The molecule has 4 heteroatoms. The monoisotopic (exact) mass is 425 g/mol. The largest absolute Gasteiger partial charge is 0.392 e. The molecule has 0 aliphatic rings. The molecule has 2 unspecified atom stereocenters. The van der Waals surface area contributed by atoms with Gasteiger partial charge in [0.2, 0.25) is 0 Å². The molecule has 0 rings (SSSR count). The molecule has 166 valence electrons. The minimum atomic E-state index is -0.439. The Morgan fingerprint density at radius 2 is 1.04 bits per heavy atom. The molecule has 0 radical (unpaired) electrons. The highest BCUT2D eigenvalue weighted by molar-refractivity contribution is 6.21. The van der Waals surface area contributed by atoms with Gasteiger partial charge in [-0.1, -0.05) is 103 Å². The van der Waals surface area contributed by atoms with Gasteiger partial charge in [0, 0.05) is 11.3 Å². The highest BCUT2D eigenvalue weighted by Crippen LogP contribution is 2.17. The molecule has 0 saturated carbocycles. The smallest absolute Gasteiger partial charge is 0.0689 e. The fourth-order valence-corrected chi connectivity index (χ4v) is 3.70. The molecule has 0 aliphatic carbocycles. The second-order valence-electron chi connectivity index (χ2n) is 7.88. The quantitative estimate of drug-likeness (QED) is 0.164. The molecule has 2 N–H and O–H groups in total. The van der Waals surface area contributed by atoms with Crippen molar-refractivity contribution in [3.8, 4) is 0 Å². The number of nitrogens with one attached hydrogen (secondary N) is 1. The fourth-order valence-electron chi connectivity index (χ4n) is 3.21. The van der Waals surface area contributed by atoms with Crippen molar-refractivity contribution >= 4 is 23.2 Å². The summed E-state index contributed by atoms with van der Waals surface area (Å²) in [4.78, 5) is 0. The van der Waals surface area contributed by atoms with Crippen molar-refractivity contribution in [1.82, 2.24) is 5.32 Å². The van der Waals surface area contributed by atoms with Gasteiger partial charge in [-0.2, -0.15) is 0 Å². The molecule has 0 aliphatic heterocycles. The third kappa shape index (κ3) is 28.8. The number of hydrogen-bond donors (Lipinski definition) is 2. The molecule has 0 heterocycles. The maximum atomic E-state index is 9.44. The van der Waals surface area contributed by atoms with Gasteiger partial charge < -0.3 is 10.4 Å². The predicted octanol–water partition coefficient (Wildman–Crippen LogP) is 7.68. The van der Waals surface area contributed by atoms with Crippen LogP contribution in [0.5, 0.6) is 0 Å². The Hall–Kier alpha value is 0.500. The molecule has 0 fully saturated rings. The van der Waals surface area contributed by atoms with Crippen LogP contribution >= 0.6 is 23.2 Å². The average molecular weight is 427 g/mol. The van der Waals surface area contributed by atoms with Crippen LogP contribution in [0.2, 0.25) is 0 Å². The summed E-state index contributed by atoms with van der Waals surface area (Å²) in [6, 6.07) is 0. The number of hydrogen-bond acceptors (Lipinski definition) is 2. The van der Waals surface area contributed by atoms with Gasteiger partial charge in [-0.05, 0) is 26.9 Å². The molecule has 0 amide bonds. The molecule has 0 aromatic rings. The second-order valence-corrected chi connectivity index (χ2v) is 8.81. The molecule has 27 heavy (non-hydrogen) atoms. The van der Waals surface area contributed by atoms with Gasteiger partial charge in [-0.15, -0.1) is 23.2 Å². The Bertz CT molecular complexity index is 255. The first-order valence-electron chi connectivity index (χ1n) is 11.6. The number of aliphatic hydroxyl groups is 1. The summed E-state index contributed by atoms with van der Waals surface area (Å²) in [5.41, 5.74) is 0. The lowest BCUT2D eigenvalue weighted by Crippen LogP contribution is -2.15. The van der Waals surface area contributed by atoms with Crippen molar-refractivity contribution in [1.29, 1.82) is 0 Å². The zero-order chi connectivity index (χ0) is 20.6. The maximum absolute atomic E-state index is 9.44. The zero-order valence-electron chi connectivity index (χ0n) is 18.6. The SMILES string of the molecule is CCCCCCCCCCCCCCCCCC(Cl)CC(O)CCl.CNC. The van der Waals surface area contributed by atoms with E-state index in [2.05, 4.69) is 12.2 Å². The van der Waals surface area contributed by atoms with Crippen molar-refractivity contribution in [3.63, 3.8) is 0 Å². The normalized spacial score (nSPS) is 13.1. The number of halogens is 2. The Labute approximate surface area is 181 Å². The van der Waals surface area contributed by atoms with E-state index in [-0.39, 0.29) is 5.38 Å². The van der Waals surface area contributed by atoms with Crippen LogP contribution in [0.3, 0.4) is 0 Å². The first-order chi connectivity index (χ1) is 13.1. The third-order valence-electron chi connectivity index (χ3n) is 4.83. The minimum Gasteiger partial charge on any atom is -0.392 e. The number of aliphatic hydroxyl groups excluding tert-OH is 1. The van der Waals surface area contributed by atoms with Crippen LogP contribution in [0.15, 0.2) is 0 Å². The van der Waals surface area contributed by atoms with Crippen LogP contribution in [0.25, 0.3) is 0 Å². The standard InChI is InChI=1S/C21H42Cl2O.C2H7N/c1-2-3-4-5-6-7-8-9-10-11-12-13-14-15-16-17-20(23)18-21(24)19-22;1-3-2/h20-21,24H,2-19H2,1H3;3H,1-2H3. The van der Waals surface area contributed by atoms with Gasteiger partial charge in [0.15, 0.2) is 0 Å². The molecule has 2 nitrogen and oxygen atoms in total. The Balaban J connectivity index is 0. The lowest BCUT2D eigenvalue weighted by atomic mass is 10.0. The Kier molecular flexibility index (Phi) is 29.1. The van der Waals surface area contributed by atoms with Crippen molar-refractivity contribution < 1.29 is 5.11 Å². The molecular weight excluding hydrogens is 377 g/mol. The number of alkyl halides is 2. The first kappa shape index (κ1) is 29.7. The first-order valence-corrected chi connectivity index (χ1v) is 12.6. The van der Waals surface area contributed by atoms with Crippen molar-refractivity contribution in [2.45, 2.75) is 128 Å². The summed E-state index contributed by atoms with van der Waals surface area (Å²) in [5.74, 6) is 0.294. The van der Waals surface area contributed by atoms with E-state index in [0.717, 1.165) is 6.42 Å². The van der Waals surface area contributed by atoms with Gasteiger partial charge in [-0.25, -0.2) is 0 Å². The molecule has 0 aromatic heterocycles. The van der Waals surface area contributed by atoms with E-state index in [1.807, 2.05) is 14.1 Å². The summed E-state index contributed by atoms with van der Waals surface area (Å²) >= 11 is 11.8. The van der Waals surface area contributed by atoms with Crippen molar-refractivity contribution in [2.75, 3.05) is 20.0 Å². The molecule has 0 spiro atoms. The van der Waals surface area contributed by atoms with E-state index < -0.39 is 6.10 Å². The van der Waals surface area contributed by atoms with E-state index >= 15 is 0 Å². The van der Waals surface area contributed by atoms with E-state index in [1.165, 1.54) is 96.3 Å². The minimum absolute atomic E-state index is 0.0840. The number of rotatable bonds is 19. The molecule has 0 bridgehead atoms. The topological polar surface area (TPSA) is 32.3 Å².